The van der Waals surface area contributed by atoms with Crippen LogP contribution in [0.1, 0.15) is 22.9 Å². The van der Waals surface area contributed by atoms with Crippen LogP contribution in [0.15, 0.2) is 177 Å². The molecule has 0 fully saturated rings. The third kappa shape index (κ3) is 4.69. The van der Waals surface area contributed by atoms with Crippen molar-refractivity contribution in [1.29, 1.82) is 0 Å². The number of fused-ring (bicyclic) bond motifs is 6. The minimum Gasteiger partial charge on any atom is -0.456 e. The van der Waals surface area contributed by atoms with Crippen LogP contribution in [0.3, 0.4) is 0 Å². The third-order valence-corrected chi connectivity index (χ3v) is 9.42. The Morgan fingerprint density at radius 3 is 2.14 bits per heavy atom. The largest absolute Gasteiger partial charge is 0.456 e. The highest BCUT2D eigenvalue weighted by Crippen LogP contribution is 2.39. The van der Waals surface area contributed by atoms with Gasteiger partial charge in [-0.2, -0.15) is 0 Å². The van der Waals surface area contributed by atoms with Crippen molar-refractivity contribution < 1.29 is 8.83 Å². The highest BCUT2D eigenvalue weighted by molar-refractivity contribution is 6.24. The fraction of sp³-hybridized carbons (Fsp3) is 0.0227. The summed E-state index contributed by atoms with van der Waals surface area (Å²) in [5.41, 5.74) is 10.2. The quantitative estimate of drug-likeness (QED) is 0.202. The van der Waals surface area contributed by atoms with Crippen LogP contribution >= 0.6 is 0 Å². The first kappa shape index (κ1) is 28.2. The molecule has 6 aromatic carbocycles. The van der Waals surface area contributed by atoms with Gasteiger partial charge in [-0.15, -0.1) is 0 Å². The lowest BCUT2D eigenvalue weighted by Gasteiger charge is -2.25. The molecule has 0 aliphatic carbocycles. The summed E-state index contributed by atoms with van der Waals surface area (Å²) in [4.78, 5) is 15.0. The zero-order valence-electron chi connectivity index (χ0n) is 26.7. The van der Waals surface area contributed by atoms with Crippen molar-refractivity contribution in [1.82, 2.24) is 10.3 Å². The Morgan fingerprint density at radius 1 is 0.520 bits per heavy atom. The molecule has 3 aromatic heterocycles. The molecule has 4 heterocycles. The summed E-state index contributed by atoms with van der Waals surface area (Å²) in [5, 5.41) is 7.78. The molecule has 1 atom stereocenters. The van der Waals surface area contributed by atoms with Crippen LogP contribution in [0.25, 0.3) is 66.3 Å². The molecule has 0 amide bonds. The van der Waals surface area contributed by atoms with E-state index in [2.05, 4.69) is 95.2 Å². The minimum absolute atomic E-state index is 0.439. The molecule has 0 saturated carbocycles. The molecule has 1 aliphatic rings. The Balaban J connectivity index is 1.20. The SMILES string of the molecule is c1ccc(C2=NC(c3ccc4c(c3)oc3ccccc34)NC(c3c(-c4cccc(-c5ccccc5)c4)ccc4oc5ncccc5c34)=N2)cc1. The molecular formula is C44H28N4O2. The molecule has 9 aromatic rings. The molecule has 1 unspecified atom stereocenters. The first-order valence-corrected chi connectivity index (χ1v) is 16.6. The number of benzene rings is 6. The summed E-state index contributed by atoms with van der Waals surface area (Å²) in [6.07, 6.45) is 1.32. The van der Waals surface area contributed by atoms with Gasteiger partial charge in [0.2, 0.25) is 5.71 Å². The normalized spacial score (nSPS) is 14.6. The van der Waals surface area contributed by atoms with Gasteiger partial charge in [0.1, 0.15) is 28.8 Å². The first-order valence-electron chi connectivity index (χ1n) is 16.6. The molecule has 0 radical (unpaired) electrons. The number of pyridine rings is 1. The molecule has 50 heavy (non-hydrogen) atoms. The van der Waals surface area contributed by atoms with Crippen molar-refractivity contribution in [2.24, 2.45) is 9.98 Å². The van der Waals surface area contributed by atoms with Gasteiger partial charge in [-0.25, -0.2) is 15.0 Å². The Kier molecular flexibility index (Phi) is 6.45. The molecule has 6 nitrogen and oxygen atoms in total. The van der Waals surface area contributed by atoms with Gasteiger partial charge in [-0.1, -0.05) is 109 Å². The number of hydrogen-bond acceptors (Lipinski definition) is 6. The standard InChI is InChI=1S/C44H28N4O2/c1-3-11-27(12-4-1)29-15-9-16-30(25-29)32-22-23-37-39(35-18-10-24-45-44(35)50-37)40(32)43-47-41(28-13-5-2-6-14-28)46-42(48-43)31-20-21-34-33-17-7-8-19-36(33)49-38(34)26-31/h1-26,42H,(H,46,47,48). The number of nitrogens with zero attached hydrogens (tertiary/aromatic N) is 3. The highest BCUT2D eigenvalue weighted by Gasteiger charge is 2.27. The summed E-state index contributed by atoms with van der Waals surface area (Å²) < 4.78 is 12.6. The maximum Gasteiger partial charge on any atom is 0.227 e. The predicted molar refractivity (Wildman–Crippen MR) is 201 cm³/mol. The molecule has 236 valence electrons. The monoisotopic (exact) mass is 644 g/mol. The van der Waals surface area contributed by atoms with E-state index < -0.39 is 6.17 Å². The molecule has 0 saturated heterocycles. The average molecular weight is 645 g/mol. The summed E-state index contributed by atoms with van der Waals surface area (Å²) in [7, 11) is 0. The van der Waals surface area contributed by atoms with E-state index in [1.54, 1.807) is 6.20 Å². The zero-order valence-corrected chi connectivity index (χ0v) is 26.7. The lowest BCUT2D eigenvalue weighted by molar-refractivity contribution is 0.653. The summed E-state index contributed by atoms with van der Waals surface area (Å²) in [5.74, 6) is 1.34. The molecule has 10 rings (SSSR count). The average Bonchev–Trinajstić information content (AvgIpc) is 3.76. The Labute approximate surface area is 287 Å². The van der Waals surface area contributed by atoms with Crippen LogP contribution in [0.2, 0.25) is 0 Å². The van der Waals surface area contributed by atoms with E-state index in [-0.39, 0.29) is 0 Å². The number of aliphatic imine (C=N–C) groups is 2. The van der Waals surface area contributed by atoms with Crippen LogP contribution < -0.4 is 5.32 Å². The van der Waals surface area contributed by atoms with Crippen LogP contribution in [0.4, 0.5) is 0 Å². The summed E-state index contributed by atoms with van der Waals surface area (Å²) in [6.45, 7) is 0. The van der Waals surface area contributed by atoms with E-state index in [0.717, 1.165) is 77.2 Å². The highest BCUT2D eigenvalue weighted by atomic mass is 16.3. The van der Waals surface area contributed by atoms with Crippen LogP contribution in [-0.2, 0) is 0 Å². The van der Waals surface area contributed by atoms with Gasteiger partial charge in [0.05, 0.1) is 0 Å². The number of amidine groups is 2. The van der Waals surface area contributed by atoms with E-state index in [1.165, 1.54) is 0 Å². The second kappa shape index (κ2) is 11.4. The summed E-state index contributed by atoms with van der Waals surface area (Å²) >= 11 is 0. The second-order valence-electron chi connectivity index (χ2n) is 12.4. The van der Waals surface area contributed by atoms with E-state index in [1.807, 2.05) is 66.7 Å². The van der Waals surface area contributed by atoms with Crippen LogP contribution in [-0.4, -0.2) is 16.7 Å². The Morgan fingerprint density at radius 2 is 1.26 bits per heavy atom. The van der Waals surface area contributed by atoms with Gasteiger partial charge >= 0.3 is 0 Å². The maximum atomic E-state index is 6.33. The smallest absolute Gasteiger partial charge is 0.227 e. The van der Waals surface area contributed by atoms with E-state index in [0.29, 0.717) is 17.4 Å². The van der Waals surface area contributed by atoms with Crippen molar-refractivity contribution in [2.45, 2.75) is 6.17 Å². The van der Waals surface area contributed by atoms with Crippen LogP contribution in [0.5, 0.6) is 0 Å². The number of para-hydroxylation sites is 1. The number of aromatic nitrogens is 1. The van der Waals surface area contributed by atoms with Crippen molar-refractivity contribution in [3.05, 3.63) is 175 Å². The second-order valence-corrected chi connectivity index (χ2v) is 12.4. The Hall–Kier alpha value is -6.79. The summed E-state index contributed by atoms with van der Waals surface area (Å²) in [6, 6.07) is 51.9. The van der Waals surface area contributed by atoms with Crippen LogP contribution in [0, 0.1) is 0 Å². The zero-order chi connectivity index (χ0) is 33.0. The first-order chi connectivity index (χ1) is 24.8. The number of rotatable bonds is 5. The molecule has 1 N–H and O–H groups in total. The van der Waals surface area contributed by atoms with Gasteiger partial charge in [-0.05, 0) is 64.7 Å². The lowest BCUT2D eigenvalue weighted by atomic mass is 9.92. The van der Waals surface area contributed by atoms with E-state index in [9.17, 15) is 0 Å². The van der Waals surface area contributed by atoms with Crippen molar-refractivity contribution in [2.75, 3.05) is 0 Å². The minimum atomic E-state index is -0.439. The van der Waals surface area contributed by atoms with Gasteiger partial charge in [-0.3, -0.25) is 0 Å². The molecular weight excluding hydrogens is 617 g/mol. The van der Waals surface area contributed by atoms with Gasteiger partial charge in [0.15, 0.2) is 5.84 Å². The van der Waals surface area contributed by atoms with Gasteiger partial charge in [0.25, 0.3) is 0 Å². The number of nitrogens with one attached hydrogen (secondary N) is 1. The lowest BCUT2D eigenvalue weighted by Crippen LogP contribution is -2.34. The van der Waals surface area contributed by atoms with Crippen molar-refractivity contribution in [3.8, 4) is 22.3 Å². The topological polar surface area (TPSA) is 75.9 Å². The number of hydrogen-bond donors (Lipinski definition) is 1. The molecule has 0 bridgehead atoms. The van der Waals surface area contributed by atoms with E-state index in [4.69, 9.17) is 18.8 Å². The molecule has 6 heteroatoms. The third-order valence-electron chi connectivity index (χ3n) is 9.42. The van der Waals surface area contributed by atoms with Gasteiger partial charge < -0.3 is 14.2 Å². The van der Waals surface area contributed by atoms with Gasteiger partial charge in [0, 0.05) is 44.4 Å². The van der Waals surface area contributed by atoms with Crippen molar-refractivity contribution >= 4 is 55.7 Å². The van der Waals surface area contributed by atoms with E-state index >= 15 is 0 Å². The fourth-order valence-electron chi connectivity index (χ4n) is 7.06. The number of furan rings is 2. The Bertz CT molecular complexity index is 2800. The molecule has 0 spiro atoms. The molecule has 1 aliphatic heterocycles. The predicted octanol–water partition coefficient (Wildman–Crippen LogP) is 10.7. The maximum absolute atomic E-state index is 6.33. The fourth-order valence-corrected chi connectivity index (χ4v) is 7.06. The van der Waals surface area contributed by atoms with Crippen molar-refractivity contribution in [3.63, 3.8) is 0 Å².